The van der Waals surface area contributed by atoms with Crippen molar-refractivity contribution in [1.29, 1.82) is 0 Å². The number of phenolic OH excluding ortho intramolecular Hbond substituents is 2. The third kappa shape index (κ3) is 12.3. The zero-order chi connectivity index (χ0) is 42.2. The summed E-state index contributed by atoms with van der Waals surface area (Å²) in [6.45, 7) is 19.9. The van der Waals surface area contributed by atoms with Crippen LogP contribution in [0.25, 0.3) is 21.5 Å². The molecule has 0 aliphatic carbocycles. The van der Waals surface area contributed by atoms with Crippen molar-refractivity contribution in [2.24, 2.45) is 20.5 Å². The Bertz CT molecular complexity index is 2060. The van der Waals surface area contributed by atoms with Crippen LogP contribution in [-0.4, -0.2) is 36.1 Å². The molecule has 0 aliphatic rings. The van der Waals surface area contributed by atoms with Crippen LogP contribution in [-0.2, 0) is 0 Å². The Morgan fingerprint density at radius 1 is 0.464 bits per heavy atom. The molecule has 296 valence electrons. The molecule has 0 aliphatic heterocycles. The van der Waals surface area contributed by atoms with E-state index in [4.69, 9.17) is 0 Å². The Labute approximate surface area is 332 Å². The number of aromatic hydroxyl groups is 2. The maximum absolute atomic E-state index is 12.0. The fourth-order valence-corrected chi connectivity index (χ4v) is 5.01. The van der Waals surface area contributed by atoms with Crippen LogP contribution < -0.4 is 10.6 Å². The summed E-state index contributed by atoms with van der Waals surface area (Å²) >= 11 is 0. The number of aryl methyl sites for hydroxylation is 2. The Kier molecular flexibility index (Phi) is 21.7. The molecule has 10 heteroatoms. The van der Waals surface area contributed by atoms with Crippen molar-refractivity contribution in [1.82, 2.24) is 10.6 Å². The molecule has 0 saturated heterocycles. The monoisotopic (exact) mass is 758 g/mol. The number of fused-ring (bicyclic) bond motifs is 2. The first-order chi connectivity index (χ1) is 27.2. The maximum Gasteiger partial charge on any atom is 0.254 e. The summed E-state index contributed by atoms with van der Waals surface area (Å²) in [5, 5.41) is 46.2. The Hall–Kier alpha value is -6.42. The Balaban J connectivity index is 0.000000476. The second-order valence-electron chi connectivity index (χ2n) is 10.8. The van der Waals surface area contributed by atoms with Crippen LogP contribution in [0.2, 0.25) is 0 Å². The molecule has 6 aromatic rings. The van der Waals surface area contributed by atoms with Gasteiger partial charge in [0, 0.05) is 24.9 Å². The van der Waals surface area contributed by atoms with Crippen molar-refractivity contribution >= 4 is 56.1 Å². The van der Waals surface area contributed by atoms with E-state index in [1.807, 2.05) is 166 Å². The van der Waals surface area contributed by atoms with Gasteiger partial charge in [-0.2, -0.15) is 10.2 Å². The lowest BCUT2D eigenvalue weighted by atomic mass is 10.0. The Morgan fingerprint density at radius 3 is 1.09 bits per heavy atom. The van der Waals surface area contributed by atoms with Gasteiger partial charge in [0.2, 0.25) is 0 Å². The second kappa shape index (κ2) is 25.6. The van der Waals surface area contributed by atoms with E-state index in [1.54, 1.807) is 12.1 Å². The van der Waals surface area contributed by atoms with Gasteiger partial charge in [-0.25, -0.2) is 0 Å². The highest BCUT2D eigenvalue weighted by Gasteiger charge is 2.18. The Morgan fingerprint density at radius 2 is 0.768 bits per heavy atom. The van der Waals surface area contributed by atoms with Gasteiger partial charge in [-0.3, -0.25) is 9.59 Å². The van der Waals surface area contributed by atoms with Gasteiger partial charge < -0.3 is 20.8 Å². The molecule has 0 unspecified atom stereocenters. The predicted octanol–water partition coefficient (Wildman–Crippen LogP) is 13.4. The molecule has 0 spiro atoms. The molecule has 10 nitrogen and oxygen atoms in total. The number of rotatable bonds is 6. The SMILES string of the molecule is CC.CC.CC.CC.CNC(=O)c1cc2ccccc2c(N=Nc2ccccc2C)c1O.CNC(=O)c1cc2ccccc2c(N=Nc2ccccc2C)c1O. The molecule has 6 rings (SSSR count). The molecule has 6 aromatic carbocycles. The smallest absolute Gasteiger partial charge is 0.254 e. The van der Waals surface area contributed by atoms with E-state index in [0.29, 0.717) is 11.4 Å². The molecule has 4 N–H and O–H groups in total. The highest BCUT2D eigenvalue weighted by Crippen LogP contribution is 2.41. The third-order valence-electron chi connectivity index (χ3n) is 7.68. The standard InChI is InChI=1S/2C19H17N3O2.4C2H6/c2*1-12-7-3-6-10-16(12)21-22-17-14-9-5-4-8-13(14)11-15(18(17)23)19(24)20-2;4*1-2/h2*3-11,23H,1-2H3,(H,20,24);4*1-2H3. The first kappa shape index (κ1) is 47.6. The molecular weight excluding hydrogens is 701 g/mol. The lowest BCUT2D eigenvalue weighted by Gasteiger charge is -2.09. The highest BCUT2D eigenvalue weighted by molar-refractivity contribution is 6.07. The summed E-state index contributed by atoms with van der Waals surface area (Å²) in [5.41, 5.74) is 4.31. The first-order valence-electron chi connectivity index (χ1n) is 19.1. The number of hydrogen-bond donors (Lipinski definition) is 4. The number of hydrogen-bond acceptors (Lipinski definition) is 8. The van der Waals surface area contributed by atoms with Crippen LogP contribution in [0, 0.1) is 13.8 Å². The van der Waals surface area contributed by atoms with Crippen LogP contribution in [0.3, 0.4) is 0 Å². The third-order valence-corrected chi connectivity index (χ3v) is 7.68. The molecule has 2 amide bonds. The number of nitrogens with zero attached hydrogens (tertiary/aromatic N) is 4. The van der Waals surface area contributed by atoms with Crippen molar-refractivity contribution in [3.8, 4) is 11.5 Å². The van der Waals surface area contributed by atoms with Crippen molar-refractivity contribution in [3.05, 3.63) is 131 Å². The molecule has 0 atom stereocenters. The van der Waals surface area contributed by atoms with Crippen LogP contribution in [0.15, 0.2) is 130 Å². The summed E-state index contributed by atoms with van der Waals surface area (Å²) in [4.78, 5) is 24.0. The van der Waals surface area contributed by atoms with Crippen molar-refractivity contribution in [3.63, 3.8) is 0 Å². The number of benzene rings is 6. The zero-order valence-corrected chi connectivity index (χ0v) is 34.9. The van der Waals surface area contributed by atoms with Gasteiger partial charge in [0.1, 0.15) is 11.4 Å². The molecule has 0 heterocycles. The second-order valence-corrected chi connectivity index (χ2v) is 10.8. The van der Waals surface area contributed by atoms with E-state index in [0.717, 1.165) is 32.7 Å². The van der Waals surface area contributed by atoms with Crippen molar-refractivity contribution < 1.29 is 19.8 Å². The van der Waals surface area contributed by atoms with Gasteiger partial charge in [-0.05, 0) is 60.0 Å². The van der Waals surface area contributed by atoms with Crippen LogP contribution in [0.5, 0.6) is 11.5 Å². The fourth-order valence-electron chi connectivity index (χ4n) is 5.01. The maximum atomic E-state index is 12.0. The molecule has 0 aromatic heterocycles. The molecule has 0 fully saturated rings. The first-order valence-corrected chi connectivity index (χ1v) is 19.1. The summed E-state index contributed by atoms with van der Waals surface area (Å²) in [6, 6.07) is 33.3. The van der Waals surface area contributed by atoms with Gasteiger partial charge >= 0.3 is 0 Å². The van der Waals surface area contributed by atoms with E-state index < -0.39 is 0 Å². The number of nitrogens with one attached hydrogen (secondary N) is 2. The van der Waals surface area contributed by atoms with Crippen molar-refractivity contribution in [2.75, 3.05) is 14.1 Å². The minimum Gasteiger partial charge on any atom is -0.505 e. The number of amides is 2. The summed E-state index contributed by atoms with van der Waals surface area (Å²) in [5.74, 6) is -1.09. The normalized spacial score (nSPS) is 9.93. The minimum absolute atomic E-state index is 0.176. The van der Waals surface area contributed by atoms with Gasteiger partial charge in [-0.1, -0.05) is 140 Å². The minimum atomic E-state index is -0.370. The number of carbonyl (C=O) groups excluding carboxylic acids is 2. The van der Waals surface area contributed by atoms with E-state index in [9.17, 15) is 19.8 Å². The lowest BCUT2D eigenvalue weighted by molar-refractivity contribution is 0.0952. The molecule has 0 bridgehead atoms. The number of phenols is 2. The average Bonchev–Trinajstić information content (AvgIpc) is 3.26. The van der Waals surface area contributed by atoms with Crippen LogP contribution in [0.4, 0.5) is 22.7 Å². The molecule has 0 radical (unpaired) electrons. The van der Waals surface area contributed by atoms with E-state index in [1.165, 1.54) is 14.1 Å². The van der Waals surface area contributed by atoms with E-state index in [2.05, 4.69) is 31.1 Å². The fraction of sp³-hybridized carbons (Fsp3) is 0.261. The van der Waals surface area contributed by atoms with Crippen molar-refractivity contribution in [2.45, 2.75) is 69.2 Å². The number of carbonyl (C=O) groups is 2. The molecule has 56 heavy (non-hydrogen) atoms. The lowest BCUT2D eigenvalue weighted by Crippen LogP contribution is -2.17. The van der Waals surface area contributed by atoms with Crippen LogP contribution >= 0.6 is 0 Å². The molecular formula is C46H58N6O4. The number of azo groups is 2. The summed E-state index contributed by atoms with van der Waals surface area (Å²) in [7, 11) is 3.04. The zero-order valence-electron chi connectivity index (χ0n) is 34.9. The van der Waals surface area contributed by atoms with Crippen LogP contribution in [0.1, 0.15) is 87.2 Å². The van der Waals surface area contributed by atoms with E-state index >= 15 is 0 Å². The van der Waals surface area contributed by atoms with Gasteiger partial charge in [0.05, 0.1) is 22.5 Å². The summed E-state index contributed by atoms with van der Waals surface area (Å²) in [6.07, 6.45) is 0. The van der Waals surface area contributed by atoms with Gasteiger partial charge in [-0.15, -0.1) is 10.2 Å². The topological polar surface area (TPSA) is 148 Å². The average molecular weight is 759 g/mol. The molecule has 0 saturated carbocycles. The highest BCUT2D eigenvalue weighted by atomic mass is 16.3. The quantitative estimate of drug-likeness (QED) is 0.125. The summed E-state index contributed by atoms with van der Waals surface area (Å²) < 4.78 is 0. The largest absolute Gasteiger partial charge is 0.505 e. The van der Waals surface area contributed by atoms with Gasteiger partial charge in [0.25, 0.3) is 11.8 Å². The van der Waals surface area contributed by atoms with E-state index in [-0.39, 0.29) is 45.8 Å². The predicted molar refractivity (Wildman–Crippen MR) is 234 cm³/mol. The van der Waals surface area contributed by atoms with Gasteiger partial charge in [0.15, 0.2) is 11.5 Å².